The van der Waals surface area contributed by atoms with Crippen LogP contribution in [-0.2, 0) is 12.0 Å². The van der Waals surface area contributed by atoms with Crippen LogP contribution in [0.3, 0.4) is 0 Å². The molecule has 2 aliphatic carbocycles. The number of rotatable bonds is 2. The lowest BCUT2D eigenvalue weighted by molar-refractivity contribution is 0.413. The van der Waals surface area contributed by atoms with Gasteiger partial charge in [-0.15, -0.1) is 0 Å². The van der Waals surface area contributed by atoms with E-state index in [1.807, 2.05) is 19.1 Å². The zero-order chi connectivity index (χ0) is 18.3. The third kappa shape index (κ3) is 2.66. The smallest absolute Gasteiger partial charge is 0.248 e. The summed E-state index contributed by atoms with van der Waals surface area (Å²) < 4.78 is 13.5. The molecule has 1 heterocycles. The van der Waals surface area contributed by atoms with Crippen molar-refractivity contribution in [1.82, 2.24) is 4.98 Å². The normalized spacial score (nSPS) is 26.0. The van der Waals surface area contributed by atoms with Crippen molar-refractivity contribution in [2.75, 3.05) is 0 Å². The van der Waals surface area contributed by atoms with Crippen molar-refractivity contribution in [3.8, 4) is 0 Å². The van der Waals surface area contributed by atoms with Gasteiger partial charge in [0.15, 0.2) is 0 Å². The van der Waals surface area contributed by atoms with Crippen LogP contribution in [0.4, 0.5) is 4.39 Å². The maximum absolute atomic E-state index is 13.5. The van der Waals surface area contributed by atoms with E-state index >= 15 is 0 Å². The highest BCUT2D eigenvalue weighted by molar-refractivity contribution is 5.80. The van der Waals surface area contributed by atoms with E-state index in [0.717, 1.165) is 29.7 Å². The van der Waals surface area contributed by atoms with Gasteiger partial charge in [0.25, 0.3) is 0 Å². The largest absolute Gasteiger partial charge is 0.326 e. The molecule has 4 heteroatoms. The van der Waals surface area contributed by atoms with E-state index in [9.17, 15) is 9.18 Å². The molecule has 0 radical (unpaired) electrons. The van der Waals surface area contributed by atoms with Crippen molar-refractivity contribution >= 4 is 6.21 Å². The summed E-state index contributed by atoms with van der Waals surface area (Å²) in [6.07, 6.45) is 7.71. The molecule has 1 aromatic carbocycles. The predicted molar refractivity (Wildman–Crippen MR) is 102 cm³/mol. The van der Waals surface area contributed by atoms with E-state index in [1.54, 1.807) is 18.3 Å². The lowest BCUT2D eigenvalue weighted by Gasteiger charge is -2.45. The molecule has 2 unspecified atom stereocenters. The third-order valence-electron chi connectivity index (χ3n) is 5.36. The summed E-state index contributed by atoms with van der Waals surface area (Å²) in [5.74, 6) is -0.0485. The maximum Gasteiger partial charge on any atom is 0.248 e. The Morgan fingerprint density at radius 2 is 2.15 bits per heavy atom. The average molecular weight is 348 g/mol. The average Bonchev–Trinajstić information content (AvgIpc) is 2.59. The fraction of sp³-hybridized carbons (Fsp3) is 0.273. The monoisotopic (exact) mass is 348 g/mol. The number of hydrogen-bond acceptors (Lipinski definition) is 2. The molecular formula is C22H21FN2O. The third-order valence-corrected chi connectivity index (χ3v) is 5.36. The second-order valence-corrected chi connectivity index (χ2v) is 7.13. The molecule has 2 atom stereocenters. The van der Waals surface area contributed by atoms with Gasteiger partial charge in [0.2, 0.25) is 5.56 Å². The van der Waals surface area contributed by atoms with Crippen LogP contribution in [0.5, 0.6) is 0 Å². The van der Waals surface area contributed by atoms with Crippen LogP contribution in [0.2, 0.25) is 0 Å². The number of nitrogens with zero attached hydrogens (tertiary/aromatic N) is 1. The molecule has 1 aromatic heterocycles. The summed E-state index contributed by atoms with van der Waals surface area (Å²) in [4.78, 5) is 19.8. The van der Waals surface area contributed by atoms with Crippen LogP contribution in [0.15, 0.2) is 69.5 Å². The van der Waals surface area contributed by atoms with Crippen LogP contribution in [0, 0.1) is 11.7 Å². The number of benzene rings is 1. The zero-order valence-electron chi connectivity index (χ0n) is 14.9. The van der Waals surface area contributed by atoms with E-state index in [1.165, 1.54) is 23.3 Å². The van der Waals surface area contributed by atoms with Gasteiger partial charge in [0.05, 0.1) is 0 Å². The standard InChI is InChI=1S/C22H21FN2O/c1-3-18-16-9-14(2)12-22(18,19-7-8-21(26)25-20(19)11-16)24-13-15-5-4-6-17(23)10-15/h3-10,13,16H,11-12H2,1-2H3,(H,25,26)/b18-3+,24-13?. The highest BCUT2D eigenvalue weighted by atomic mass is 19.1. The second-order valence-electron chi connectivity index (χ2n) is 7.13. The number of nitrogens with one attached hydrogen (secondary N) is 1. The summed E-state index contributed by atoms with van der Waals surface area (Å²) in [6, 6.07) is 9.91. The predicted octanol–water partition coefficient (Wildman–Crippen LogP) is 4.30. The molecule has 0 aliphatic heterocycles. The fourth-order valence-corrected chi connectivity index (χ4v) is 4.42. The number of fused-ring (bicyclic) bond motifs is 4. The SMILES string of the molecule is C/C=C1\C2C=C(C)CC1(N=Cc1cccc(F)c1)c1ccc(=O)[nH]c1C2. The Bertz CT molecular complexity index is 1010. The Morgan fingerprint density at radius 3 is 2.92 bits per heavy atom. The molecule has 0 spiro atoms. The van der Waals surface area contributed by atoms with Gasteiger partial charge in [0.1, 0.15) is 11.4 Å². The number of pyridine rings is 1. The second kappa shape index (κ2) is 6.20. The van der Waals surface area contributed by atoms with Gasteiger partial charge >= 0.3 is 0 Å². The van der Waals surface area contributed by atoms with Crippen molar-refractivity contribution in [2.45, 2.75) is 32.2 Å². The molecule has 0 amide bonds. The molecule has 3 nitrogen and oxygen atoms in total. The van der Waals surface area contributed by atoms with Crippen LogP contribution in [-0.4, -0.2) is 11.2 Å². The van der Waals surface area contributed by atoms with Gasteiger partial charge in [-0.1, -0.05) is 29.9 Å². The minimum Gasteiger partial charge on any atom is -0.326 e. The Labute approximate surface area is 152 Å². The summed E-state index contributed by atoms with van der Waals surface area (Å²) in [6.45, 7) is 4.17. The zero-order valence-corrected chi connectivity index (χ0v) is 14.9. The number of allylic oxidation sites excluding steroid dienone is 2. The number of aliphatic imine (C=N–C) groups is 1. The number of aromatic nitrogens is 1. The van der Waals surface area contributed by atoms with E-state index in [-0.39, 0.29) is 17.3 Å². The molecule has 1 N–H and O–H groups in total. The summed E-state index contributed by atoms with van der Waals surface area (Å²) in [5.41, 5.74) is 4.63. The maximum atomic E-state index is 13.5. The molecule has 132 valence electrons. The summed E-state index contributed by atoms with van der Waals surface area (Å²) in [5, 5.41) is 0. The van der Waals surface area contributed by atoms with Gasteiger partial charge in [-0.3, -0.25) is 9.79 Å². The highest BCUT2D eigenvalue weighted by Gasteiger charge is 2.46. The van der Waals surface area contributed by atoms with Gasteiger partial charge in [-0.25, -0.2) is 4.39 Å². The molecule has 2 aromatic rings. The first kappa shape index (κ1) is 16.7. The van der Waals surface area contributed by atoms with Crippen LogP contribution in [0.25, 0.3) is 0 Å². The van der Waals surface area contributed by atoms with Gasteiger partial charge in [0, 0.05) is 35.9 Å². The quantitative estimate of drug-likeness (QED) is 0.638. The van der Waals surface area contributed by atoms with Crippen LogP contribution in [0.1, 0.15) is 37.1 Å². The summed E-state index contributed by atoms with van der Waals surface area (Å²) >= 11 is 0. The van der Waals surface area contributed by atoms with Crippen molar-refractivity contribution in [1.29, 1.82) is 0 Å². The number of hydrogen-bond donors (Lipinski definition) is 1. The van der Waals surface area contributed by atoms with Crippen molar-refractivity contribution < 1.29 is 4.39 Å². The Hall–Kier alpha value is -2.75. The Balaban J connectivity index is 1.92. The molecule has 4 rings (SSSR count). The minimum absolute atomic E-state index is 0.0873. The van der Waals surface area contributed by atoms with Gasteiger partial charge < -0.3 is 4.98 Å². The number of H-pyrrole nitrogens is 1. The molecule has 0 fully saturated rings. The van der Waals surface area contributed by atoms with Crippen LogP contribution < -0.4 is 5.56 Å². The van der Waals surface area contributed by atoms with Crippen LogP contribution >= 0.6 is 0 Å². The molecule has 2 aliphatic rings. The van der Waals surface area contributed by atoms with E-state index in [2.05, 4.69) is 24.1 Å². The van der Waals surface area contributed by atoms with Gasteiger partial charge in [-0.2, -0.15) is 0 Å². The van der Waals surface area contributed by atoms with E-state index in [4.69, 9.17) is 4.99 Å². The van der Waals surface area contributed by atoms with E-state index in [0.29, 0.717) is 0 Å². The molecular weight excluding hydrogens is 327 g/mol. The van der Waals surface area contributed by atoms with Crippen molar-refractivity contribution in [2.24, 2.45) is 10.9 Å². The number of aromatic amines is 1. The first-order valence-corrected chi connectivity index (χ1v) is 8.89. The fourth-order valence-electron chi connectivity index (χ4n) is 4.42. The topological polar surface area (TPSA) is 45.2 Å². The highest BCUT2D eigenvalue weighted by Crippen LogP contribution is 2.51. The first-order chi connectivity index (χ1) is 12.5. The minimum atomic E-state index is -0.539. The number of halogens is 1. The molecule has 26 heavy (non-hydrogen) atoms. The van der Waals surface area contributed by atoms with Crippen molar-refractivity contribution in [3.63, 3.8) is 0 Å². The molecule has 0 saturated carbocycles. The van der Waals surface area contributed by atoms with Gasteiger partial charge in [-0.05, 0) is 49.6 Å². The molecule has 0 saturated heterocycles. The first-order valence-electron chi connectivity index (χ1n) is 8.89. The molecule has 2 bridgehead atoms. The van der Waals surface area contributed by atoms with E-state index < -0.39 is 5.54 Å². The lowest BCUT2D eigenvalue weighted by Crippen LogP contribution is -2.40. The van der Waals surface area contributed by atoms with Crippen molar-refractivity contribution in [3.05, 3.63) is 92.7 Å². The Kier molecular flexibility index (Phi) is 3.98. The summed E-state index contributed by atoms with van der Waals surface area (Å²) in [7, 11) is 0. The Morgan fingerprint density at radius 1 is 1.31 bits per heavy atom. The lowest BCUT2D eigenvalue weighted by atomic mass is 9.63.